The zero-order valence-corrected chi connectivity index (χ0v) is 21.4. The number of nitrogens with zero attached hydrogens (tertiary/aromatic N) is 4. The molecule has 0 radical (unpaired) electrons. The van der Waals surface area contributed by atoms with Crippen LogP contribution in [0.2, 0.25) is 0 Å². The first kappa shape index (κ1) is 26.8. The van der Waals surface area contributed by atoms with Crippen LogP contribution < -0.4 is 11.5 Å². The van der Waals surface area contributed by atoms with Gasteiger partial charge in [-0.15, -0.1) is 0 Å². The van der Waals surface area contributed by atoms with E-state index in [1.165, 1.54) is 0 Å². The van der Waals surface area contributed by atoms with Crippen LogP contribution in [0.25, 0.3) is 11.0 Å². The van der Waals surface area contributed by atoms with E-state index in [4.69, 9.17) is 25.9 Å². The number of ether oxygens (including phenoxy) is 2. The van der Waals surface area contributed by atoms with Crippen LogP contribution in [0.1, 0.15) is 42.1 Å². The van der Waals surface area contributed by atoms with E-state index in [-0.39, 0.29) is 38.8 Å². The Labute approximate surface area is 216 Å². The minimum absolute atomic E-state index is 0.138. The SMILES string of the molecule is CCOCc1nc2c(N)nc3c(c2n1CC(C)(CO)CO)CCN(C(=O)OCc1ccccc1CN)C3. The Hall–Kier alpha value is -3.25. The fourth-order valence-electron chi connectivity index (χ4n) is 4.58. The van der Waals surface area contributed by atoms with Gasteiger partial charge in [-0.2, -0.15) is 0 Å². The molecule has 3 aromatic rings. The number of benzene rings is 1. The Balaban J connectivity index is 1.63. The number of aliphatic hydroxyl groups is 2. The molecule has 2 aromatic heterocycles. The van der Waals surface area contributed by atoms with E-state index in [2.05, 4.69) is 4.98 Å². The van der Waals surface area contributed by atoms with Crippen LogP contribution in [0.15, 0.2) is 24.3 Å². The molecule has 0 fully saturated rings. The molecule has 200 valence electrons. The Bertz CT molecular complexity index is 1260. The summed E-state index contributed by atoms with van der Waals surface area (Å²) in [4.78, 5) is 23.8. The highest BCUT2D eigenvalue weighted by atomic mass is 16.6. The quantitative estimate of drug-likeness (QED) is 0.317. The molecule has 0 bridgehead atoms. The number of fused-ring (bicyclic) bond motifs is 3. The number of aliphatic hydroxyl groups excluding tert-OH is 2. The number of anilines is 1. The van der Waals surface area contributed by atoms with E-state index < -0.39 is 11.5 Å². The van der Waals surface area contributed by atoms with Gasteiger partial charge in [-0.3, -0.25) is 0 Å². The molecule has 0 atom stereocenters. The lowest BCUT2D eigenvalue weighted by atomic mass is 9.92. The standard InChI is InChI=1S/C26H36N6O5/c1-3-36-13-21-30-22-23(32(21)14-26(2,15-33)16-34)19-8-9-31(11-20(19)29-24(22)28)25(35)37-12-18-7-5-4-6-17(18)10-27/h4-7,33-34H,3,8-16,27H2,1-2H3,(H2,28,29). The topological polar surface area (TPSA) is 162 Å². The van der Waals surface area contributed by atoms with Gasteiger partial charge in [0.25, 0.3) is 0 Å². The first-order chi connectivity index (χ1) is 17.8. The second-order valence-electron chi connectivity index (χ2n) is 9.70. The molecule has 0 spiro atoms. The molecule has 1 aliphatic heterocycles. The molecule has 0 saturated heterocycles. The predicted octanol–water partition coefficient (Wildman–Crippen LogP) is 1.69. The molecule has 6 N–H and O–H groups in total. The summed E-state index contributed by atoms with van der Waals surface area (Å²) in [6.07, 6.45) is 0.0964. The lowest BCUT2D eigenvalue weighted by Crippen LogP contribution is -2.37. The number of aromatic nitrogens is 3. The smallest absolute Gasteiger partial charge is 0.410 e. The number of pyridine rings is 1. The lowest BCUT2D eigenvalue weighted by Gasteiger charge is -2.30. The number of hydrogen-bond donors (Lipinski definition) is 4. The van der Waals surface area contributed by atoms with Crippen molar-refractivity contribution in [1.29, 1.82) is 0 Å². The highest BCUT2D eigenvalue weighted by molar-refractivity contribution is 5.89. The molecule has 0 unspecified atom stereocenters. The summed E-state index contributed by atoms with van der Waals surface area (Å²) < 4.78 is 13.2. The first-order valence-electron chi connectivity index (χ1n) is 12.5. The highest BCUT2D eigenvalue weighted by Crippen LogP contribution is 2.33. The van der Waals surface area contributed by atoms with Gasteiger partial charge in [0.05, 0.1) is 31.0 Å². The third-order valence-corrected chi connectivity index (χ3v) is 6.84. The molecule has 1 aliphatic rings. The summed E-state index contributed by atoms with van der Waals surface area (Å²) in [5.74, 6) is 0.902. The number of amides is 1. The normalized spacial score (nSPS) is 13.7. The summed E-state index contributed by atoms with van der Waals surface area (Å²) in [6.45, 7) is 5.59. The average Bonchev–Trinajstić information content (AvgIpc) is 3.28. The number of hydrogen-bond acceptors (Lipinski definition) is 9. The highest BCUT2D eigenvalue weighted by Gasteiger charge is 2.31. The number of nitrogen functional groups attached to an aromatic ring is 1. The van der Waals surface area contributed by atoms with Gasteiger partial charge in [0.15, 0.2) is 5.82 Å². The Morgan fingerprint density at radius 1 is 1.16 bits per heavy atom. The zero-order valence-electron chi connectivity index (χ0n) is 21.4. The van der Waals surface area contributed by atoms with Crippen molar-refractivity contribution < 1.29 is 24.5 Å². The number of rotatable bonds is 10. The average molecular weight is 513 g/mol. The largest absolute Gasteiger partial charge is 0.445 e. The van der Waals surface area contributed by atoms with Crippen LogP contribution in [0, 0.1) is 5.41 Å². The van der Waals surface area contributed by atoms with Crippen LogP contribution in [0.5, 0.6) is 0 Å². The van der Waals surface area contributed by atoms with Crippen molar-refractivity contribution in [2.45, 2.75) is 53.1 Å². The minimum atomic E-state index is -0.774. The molecule has 0 aliphatic carbocycles. The molecule has 11 nitrogen and oxygen atoms in total. The Morgan fingerprint density at radius 2 is 1.89 bits per heavy atom. The Morgan fingerprint density at radius 3 is 2.57 bits per heavy atom. The van der Waals surface area contributed by atoms with Crippen molar-refractivity contribution in [3.05, 3.63) is 52.5 Å². The van der Waals surface area contributed by atoms with Crippen LogP contribution in [0.3, 0.4) is 0 Å². The minimum Gasteiger partial charge on any atom is -0.445 e. The molecule has 1 amide bonds. The molecule has 4 rings (SSSR count). The molecule has 0 saturated carbocycles. The fraction of sp³-hybridized carbons (Fsp3) is 0.500. The number of carbonyl (C=O) groups excluding carboxylic acids is 1. The van der Waals surface area contributed by atoms with E-state index in [0.29, 0.717) is 49.7 Å². The lowest BCUT2D eigenvalue weighted by molar-refractivity contribution is 0.0529. The summed E-state index contributed by atoms with van der Waals surface area (Å²) >= 11 is 0. The van der Waals surface area contributed by atoms with Gasteiger partial charge in [-0.05, 0) is 24.5 Å². The summed E-state index contributed by atoms with van der Waals surface area (Å²) in [5, 5.41) is 19.9. The van der Waals surface area contributed by atoms with E-state index >= 15 is 0 Å². The van der Waals surface area contributed by atoms with E-state index in [1.54, 1.807) is 11.8 Å². The van der Waals surface area contributed by atoms with Crippen LogP contribution in [0.4, 0.5) is 10.6 Å². The third-order valence-electron chi connectivity index (χ3n) is 6.84. The molecular weight excluding hydrogens is 476 g/mol. The number of carbonyl (C=O) groups is 1. The number of imidazole rings is 1. The molecular formula is C26H36N6O5. The van der Waals surface area contributed by atoms with Crippen LogP contribution in [-0.4, -0.2) is 62.1 Å². The maximum absolute atomic E-state index is 12.9. The summed E-state index contributed by atoms with van der Waals surface area (Å²) in [6, 6.07) is 7.60. The predicted molar refractivity (Wildman–Crippen MR) is 138 cm³/mol. The second kappa shape index (κ2) is 11.4. The molecule has 11 heteroatoms. The van der Waals surface area contributed by atoms with Crippen molar-refractivity contribution in [3.63, 3.8) is 0 Å². The van der Waals surface area contributed by atoms with Crippen molar-refractivity contribution in [1.82, 2.24) is 19.4 Å². The summed E-state index contributed by atoms with van der Waals surface area (Å²) in [7, 11) is 0. The van der Waals surface area contributed by atoms with Gasteiger partial charge < -0.3 is 40.6 Å². The van der Waals surface area contributed by atoms with Crippen molar-refractivity contribution in [3.8, 4) is 0 Å². The molecule has 37 heavy (non-hydrogen) atoms. The van der Waals surface area contributed by atoms with Gasteiger partial charge in [-0.1, -0.05) is 31.2 Å². The maximum Gasteiger partial charge on any atom is 0.410 e. The van der Waals surface area contributed by atoms with Gasteiger partial charge in [-0.25, -0.2) is 14.8 Å². The number of nitrogens with two attached hydrogens (primary N) is 2. The van der Waals surface area contributed by atoms with Crippen LogP contribution >= 0.6 is 0 Å². The summed E-state index contributed by atoms with van der Waals surface area (Å²) in [5.41, 5.74) is 16.1. The third kappa shape index (κ3) is 5.54. The second-order valence-corrected chi connectivity index (χ2v) is 9.70. The first-order valence-corrected chi connectivity index (χ1v) is 12.5. The molecule has 3 heterocycles. The van der Waals surface area contributed by atoms with Gasteiger partial charge in [0.1, 0.15) is 24.6 Å². The molecule has 1 aromatic carbocycles. The van der Waals surface area contributed by atoms with E-state index in [9.17, 15) is 15.0 Å². The fourth-order valence-corrected chi connectivity index (χ4v) is 4.58. The van der Waals surface area contributed by atoms with Crippen molar-refractivity contribution in [2.24, 2.45) is 11.1 Å². The van der Waals surface area contributed by atoms with E-state index in [0.717, 1.165) is 22.2 Å². The van der Waals surface area contributed by atoms with Gasteiger partial charge in [0.2, 0.25) is 0 Å². The van der Waals surface area contributed by atoms with Gasteiger partial charge >= 0.3 is 6.09 Å². The zero-order chi connectivity index (χ0) is 26.6. The van der Waals surface area contributed by atoms with Crippen molar-refractivity contribution in [2.75, 3.05) is 32.1 Å². The van der Waals surface area contributed by atoms with Crippen LogP contribution in [-0.2, 0) is 48.7 Å². The Kier molecular flexibility index (Phi) is 8.28. The van der Waals surface area contributed by atoms with Crippen molar-refractivity contribution >= 4 is 22.9 Å². The monoisotopic (exact) mass is 512 g/mol. The maximum atomic E-state index is 12.9. The van der Waals surface area contributed by atoms with Gasteiger partial charge in [0, 0.05) is 37.2 Å². The van der Waals surface area contributed by atoms with E-state index in [1.807, 2.05) is 35.8 Å².